The van der Waals surface area contributed by atoms with Crippen LogP contribution in [0.5, 0.6) is 0 Å². The zero-order valence-corrected chi connectivity index (χ0v) is 8.70. The highest BCUT2D eigenvalue weighted by atomic mass is 32.3. The first kappa shape index (κ1) is 10.9. The quantitative estimate of drug-likeness (QED) is 0.546. The lowest BCUT2D eigenvalue weighted by molar-refractivity contribution is 0.604. The summed E-state index contributed by atoms with van der Waals surface area (Å²) in [4.78, 5) is 0. The van der Waals surface area contributed by atoms with E-state index in [-0.39, 0.29) is 0 Å². The summed E-state index contributed by atoms with van der Waals surface area (Å²) in [6, 6.07) is 0. The highest BCUT2D eigenvalue weighted by Crippen LogP contribution is 1.91. The van der Waals surface area contributed by atoms with Gasteiger partial charge in [-0.05, 0) is 14.1 Å². The number of sulfone groups is 1. The Balaban J connectivity index is 5.18. The first-order valence-electron chi connectivity index (χ1n) is 2.86. The van der Waals surface area contributed by atoms with Crippen LogP contribution in [0, 0.1) is 0 Å². The summed E-state index contributed by atoms with van der Waals surface area (Å²) in [5, 5.41) is 0. The maximum Gasteiger partial charge on any atom is 0.177 e. The Bertz CT molecular complexity index is 333. The van der Waals surface area contributed by atoms with E-state index in [0.717, 1.165) is 11.0 Å². The van der Waals surface area contributed by atoms with Gasteiger partial charge in [0.15, 0.2) is 9.84 Å². The first-order chi connectivity index (χ1) is 4.65. The van der Waals surface area contributed by atoms with Gasteiger partial charge in [0.1, 0.15) is 0 Å². The molecule has 1 atom stereocenters. The monoisotopic (exact) mass is 199 g/mol. The van der Waals surface area contributed by atoms with Gasteiger partial charge in [-0.25, -0.2) is 12.7 Å². The van der Waals surface area contributed by atoms with Gasteiger partial charge in [-0.2, -0.15) is 0 Å². The largest absolute Gasteiger partial charge is 0.252 e. The molecule has 0 saturated heterocycles. The molecule has 0 aliphatic rings. The van der Waals surface area contributed by atoms with Crippen molar-refractivity contribution in [3.05, 3.63) is 0 Å². The average Bonchev–Trinajstić information content (AvgIpc) is 1.56. The molecule has 1 unspecified atom stereocenters. The van der Waals surface area contributed by atoms with Gasteiger partial charge in [0.25, 0.3) is 0 Å². The van der Waals surface area contributed by atoms with Crippen LogP contribution in [0.25, 0.3) is 0 Å². The predicted octanol–water partition coefficient (Wildman–Crippen LogP) is -0.818. The molecule has 0 aromatic rings. The molecule has 0 aromatic carbocycles. The van der Waals surface area contributed by atoms with E-state index in [4.69, 9.17) is 0 Å². The van der Waals surface area contributed by atoms with Crippen molar-refractivity contribution in [2.75, 3.05) is 26.6 Å². The van der Waals surface area contributed by atoms with Crippen molar-refractivity contribution in [3.8, 4) is 0 Å². The minimum absolute atomic E-state index is 0.875. The lowest BCUT2D eigenvalue weighted by atomic mass is 11.3. The standard InChI is InChI=1S/C5H13NO3S2/c1-6(2)10(3,7)5-11(4,8)9/h5H,1-4H3. The zero-order valence-electron chi connectivity index (χ0n) is 7.07. The molecule has 0 bridgehead atoms. The van der Waals surface area contributed by atoms with Crippen LogP contribution in [0.1, 0.15) is 0 Å². The summed E-state index contributed by atoms with van der Waals surface area (Å²) in [7, 11) is -2.61. The third kappa shape index (κ3) is 4.39. The molecule has 0 amide bonds. The van der Waals surface area contributed by atoms with Crippen molar-refractivity contribution in [3.63, 3.8) is 0 Å². The molecule has 0 aromatic heterocycles. The Morgan fingerprint density at radius 1 is 1.09 bits per heavy atom. The molecule has 0 fully saturated rings. The molecule has 0 rings (SSSR count). The molecular formula is C5H13NO3S2. The van der Waals surface area contributed by atoms with E-state index < -0.39 is 19.5 Å². The van der Waals surface area contributed by atoms with Crippen LogP contribution in [0.15, 0.2) is 0 Å². The third-order valence-corrected chi connectivity index (χ3v) is 5.36. The van der Waals surface area contributed by atoms with Crippen molar-refractivity contribution >= 4 is 24.2 Å². The van der Waals surface area contributed by atoms with Crippen molar-refractivity contribution in [2.24, 2.45) is 0 Å². The van der Waals surface area contributed by atoms with Crippen LogP contribution in [0.4, 0.5) is 0 Å². The Kier molecular flexibility index (Phi) is 3.10. The van der Waals surface area contributed by atoms with Crippen LogP contribution < -0.4 is 0 Å². The minimum Gasteiger partial charge on any atom is -0.252 e. The van der Waals surface area contributed by atoms with Crippen molar-refractivity contribution < 1.29 is 12.6 Å². The van der Waals surface area contributed by atoms with E-state index in [1.807, 2.05) is 0 Å². The molecule has 0 aliphatic heterocycles. The molecule has 0 heterocycles. The van der Waals surface area contributed by atoms with Crippen LogP contribution in [0.2, 0.25) is 0 Å². The third-order valence-electron chi connectivity index (χ3n) is 1.08. The molecular weight excluding hydrogens is 186 g/mol. The van der Waals surface area contributed by atoms with Gasteiger partial charge in [-0.3, -0.25) is 4.21 Å². The Labute approximate surface area is 68.3 Å². The summed E-state index contributed by atoms with van der Waals surface area (Å²) in [5.41, 5.74) is 0. The van der Waals surface area contributed by atoms with Gasteiger partial charge in [0.05, 0.1) is 4.70 Å². The van der Waals surface area contributed by atoms with E-state index in [1.165, 1.54) is 10.6 Å². The van der Waals surface area contributed by atoms with E-state index in [0.29, 0.717) is 0 Å². The highest BCUT2D eigenvalue weighted by molar-refractivity contribution is 8.19. The topological polar surface area (TPSA) is 54.5 Å². The minimum atomic E-state index is -3.27. The second-order valence-corrected chi connectivity index (χ2v) is 7.48. The van der Waals surface area contributed by atoms with Crippen molar-refractivity contribution in [1.29, 1.82) is 0 Å². The zero-order chi connectivity index (χ0) is 9.28. The summed E-state index contributed by atoms with van der Waals surface area (Å²) < 4.78 is 35.0. The van der Waals surface area contributed by atoms with Crippen molar-refractivity contribution in [1.82, 2.24) is 4.31 Å². The van der Waals surface area contributed by atoms with E-state index in [9.17, 15) is 12.6 Å². The number of hydrogen-bond acceptors (Lipinski definition) is 3. The highest BCUT2D eigenvalue weighted by Gasteiger charge is 2.06. The van der Waals surface area contributed by atoms with Gasteiger partial charge < -0.3 is 0 Å². The fourth-order valence-electron chi connectivity index (χ4n) is 0.410. The lowest BCUT2D eigenvalue weighted by Gasteiger charge is -2.11. The molecule has 0 radical (unpaired) electrons. The number of hydrogen-bond donors (Lipinski definition) is 0. The molecule has 6 heteroatoms. The molecule has 11 heavy (non-hydrogen) atoms. The fourth-order valence-corrected chi connectivity index (χ4v) is 3.69. The van der Waals surface area contributed by atoms with E-state index >= 15 is 0 Å². The first-order valence-corrected chi connectivity index (χ1v) is 6.81. The summed E-state index contributed by atoms with van der Waals surface area (Å²) >= 11 is 0. The maximum atomic E-state index is 11.4. The normalized spacial score (nSPS) is 17.9. The van der Waals surface area contributed by atoms with E-state index in [2.05, 4.69) is 0 Å². The lowest BCUT2D eigenvalue weighted by Crippen LogP contribution is -2.24. The van der Waals surface area contributed by atoms with Crippen LogP contribution >= 0.6 is 0 Å². The Morgan fingerprint density at radius 3 is 1.55 bits per heavy atom. The predicted molar refractivity (Wildman–Crippen MR) is 48.7 cm³/mol. The summed E-state index contributed by atoms with van der Waals surface area (Å²) in [5.74, 6) is 0. The van der Waals surface area contributed by atoms with Crippen LogP contribution in [-0.4, -0.2) is 48.2 Å². The van der Waals surface area contributed by atoms with Crippen LogP contribution in [-0.2, 0) is 19.5 Å². The van der Waals surface area contributed by atoms with Gasteiger partial charge in [-0.15, -0.1) is 0 Å². The molecule has 0 saturated carbocycles. The number of nitrogens with zero attached hydrogens (tertiary/aromatic N) is 1. The van der Waals surface area contributed by atoms with Gasteiger partial charge >= 0.3 is 0 Å². The molecule has 68 valence electrons. The molecule has 0 aliphatic carbocycles. The number of rotatable bonds is 2. The Hall–Kier alpha value is -0.0700. The summed E-state index contributed by atoms with van der Waals surface area (Å²) in [6.07, 6.45) is 2.41. The molecule has 0 spiro atoms. The SMILES string of the molecule is CN(C)S(C)(=O)=CS(C)(=O)=O. The smallest absolute Gasteiger partial charge is 0.177 e. The van der Waals surface area contributed by atoms with Gasteiger partial charge in [-0.1, -0.05) is 0 Å². The second kappa shape index (κ2) is 3.12. The molecule has 0 N–H and O–H groups in total. The second-order valence-electron chi connectivity index (χ2n) is 2.60. The van der Waals surface area contributed by atoms with Crippen molar-refractivity contribution in [2.45, 2.75) is 0 Å². The summed E-state index contributed by atoms with van der Waals surface area (Å²) in [6.45, 7) is 0. The fraction of sp³-hybridized carbons (Fsp3) is 0.800. The van der Waals surface area contributed by atoms with Crippen LogP contribution in [0.3, 0.4) is 0 Å². The van der Waals surface area contributed by atoms with Gasteiger partial charge in [0.2, 0.25) is 0 Å². The average molecular weight is 199 g/mol. The van der Waals surface area contributed by atoms with Gasteiger partial charge in [0, 0.05) is 22.2 Å². The Morgan fingerprint density at radius 2 is 1.45 bits per heavy atom. The maximum absolute atomic E-state index is 11.4. The van der Waals surface area contributed by atoms with E-state index in [1.54, 1.807) is 14.1 Å². The molecule has 4 nitrogen and oxygen atoms in total.